The maximum absolute atomic E-state index is 12.8. The molecule has 0 aromatic heterocycles. The van der Waals surface area contributed by atoms with Gasteiger partial charge in [0.1, 0.15) is 0 Å². The number of halogens is 1. The van der Waals surface area contributed by atoms with E-state index in [-0.39, 0.29) is 50.5 Å². The topological polar surface area (TPSA) is 78.9 Å². The van der Waals surface area contributed by atoms with Gasteiger partial charge >= 0.3 is 17.9 Å². The number of esters is 3. The van der Waals surface area contributed by atoms with Gasteiger partial charge in [0.2, 0.25) is 6.73 Å². The fraction of sp³-hybridized carbons (Fsp3) is 0.864. The lowest BCUT2D eigenvalue weighted by Crippen LogP contribution is -3.00. The molecule has 0 aromatic carbocycles. The molecule has 0 radical (unpaired) electrons. The SMILES string of the molecule is CCCC(C)(CC(C)(CC(C)(C)C(=O)OC[N+](C)(C)C)C(=O)OC)C(=O)OCC.[Cl-]. The standard InChI is InChI=1S/C22H42NO6.ClH/c1-11-13-21(5,19(26)28-12-2)15-22(6,18(25)27-10)14-20(3,4)17(24)29-16-23(7,8)9;/h11-16H2,1-10H3;1H/q+1;/p-1. The molecule has 178 valence electrons. The predicted molar refractivity (Wildman–Crippen MR) is 112 cm³/mol. The molecule has 2 atom stereocenters. The zero-order chi connectivity index (χ0) is 23.1. The number of ether oxygens (including phenoxy) is 3. The summed E-state index contributed by atoms with van der Waals surface area (Å²) in [5.74, 6) is -1.16. The summed E-state index contributed by atoms with van der Waals surface area (Å²) in [5, 5.41) is 0. The Kier molecular flexibility index (Phi) is 12.2. The van der Waals surface area contributed by atoms with E-state index >= 15 is 0 Å². The third kappa shape index (κ3) is 9.21. The van der Waals surface area contributed by atoms with Crippen LogP contribution in [-0.4, -0.2) is 64.0 Å². The molecule has 8 heteroatoms. The lowest BCUT2D eigenvalue weighted by molar-refractivity contribution is -0.888. The molecule has 0 bridgehead atoms. The molecule has 2 unspecified atom stereocenters. The Labute approximate surface area is 188 Å². The molecule has 0 N–H and O–H groups in total. The molecule has 0 heterocycles. The van der Waals surface area contributed by atoms with E-state index in [9.17, 15) is 14.4 Å². The zero-order valence-electron chi connectivity index (χ0n) is 20.5. The van der Waals surface area contributed by atoms with Gasteiger partial charge in [-0.2, -0.15) is 0 Å². The van der Waals surface area contributed by atoms with Crippen molar-refractivity contribution in [3.05, 3.63) is 0 Å². The van der Waals surface area contributed by atoms with Gasteiger partial charge in [0.05, 0.1) is 51.1 Å². The van der Waals surface area contributed by atoms with E-state index in [0.717, 1.165) is 6.42 Å². The van der Waals surface area contributed by atoms with Gasteiger partial charge in [-0.3, -0.25) is 18.9 Å². The fourth-order valence-corrected chi connectivity index (χ4v) is 3.93. The second-order valence-electron chi connectivity index (χ2n) is 10.2. The normalized spacial score (nSPS) is 15.8. The number of hydrogen-bond donors (Lipinski definition) is 0. The van der Waals surface area contributed by atoms with Crippen molar-refractivity contribution in [1.82, 2.24) is 0 Å². The van der Waals surface area contributed by atoms with E-state index in [4.69, 9.17) is 14.2 Å². The van der Waals surface area contributed by atoms with Crippen molar-refractivity contribution in [1.29, 1.82) is 0 Å². The van der Waals surface area contributed by atoms with Crippen molar-refractivity contribution in [3.8, 4) is 0 Å². The third-order valence-electron chi connectivity index (χ3n) is 5.00. The van der Waals surface area contributed by atoms with Gasteiger partial charge in [-0.1, -0.05) is 13.3 Å². The van der Waals surface area contributed by atoms with Gasteiger partial charge in [0.25, 0.3) is 0 Å². The Morgan fingerprint density at radius 1 is 0.800 bits per heavy atom. The number of carbonyl (C=O) groups excluding carboxylic acids is 3. The van der Waals surface area contributed by atoms with Crippen LogP contribution in [0, 0.1) is 16.2 Å². The smallest absolute Gasteiger partial charge is 0.315 e. The molecule has 0 saturated heterocycles. The van der Waals surface area contributed by atoms with Gasteiger partial charge in [0.15, 0.2) is 0 Å². The minimum absolute atomic E-state index is 0. The molecule has 7 nitrogen and oxygen atoms in total. The molecule has 0 aliphatic rings. The van der Waals surface area contributed by atoms with Crippen LogP contribution in [0.2, 0.25) is 0 Å². The van der Waals surface area contributed by atoms with Crippen LogP contribution in [0.15, 0.2) is 0 Å². The Morgan fingerprint density at radius 3 is 1.73 bits per heavy atom. The lowest BCUT2D eigenvalue weighted by atomic mass is 9.64. The Balaban J connectivity index is 0. The highest BCUT2D eigenvalue weighted by atomic mass is 35.5. The van der Waals surface area contributed by atoms with Crippen LogP contribution in [0.1, 0.15) is 67.2 Å². The van der Waals surface area contributed by atoms with Crippen LogP contribution in [0.3, 0.4) is 0 Å². The third-order valence-corrected chi connectivity index (χ3v) is 5.00. The van der Waals surface area contributed by atoms with Crippen LogP contribution >= 0.6 is 0 Å². The fourth-order valence-electron chi connectivity index (χ4n) is 3.93. The quantitative estimate of drug-likeness (QED) is 0.187. The van der Waals surface area contributed by atoms with Crippen molar-refractivity contribution < 1.29 is 45.5 Å². The predicted octanol–water partition coefficient (Wildman–Crippen LogP) is 0.553. The summed E-state index contributed by atoms with van der Waals surface area (Å²) < 4.78 is 16.3. The van der Waals surface area contributed by atoms with Crippen molar-refractivity contribution in [2.24, 2.45) is 16.2 Å². The molecule has 30 heavy (non-hydrogen) atoms. The van der Waals surface area contributed by atoms with Gasteiger partial charge in [-0.15, -0.1) is 0 Å². The van der Waals surface area contributed by atoms with Crippen LogP contribution < -0.4 is 12.4 Å². The average molecular weight is 452 g/mol. The number of quaternary nitrogens is 1. The summed E-state index contributed by atoms with van der Waals surface area (Å²) in [6, 6.07) is 0. The van der Waals surface area contributed by atoms with Crippen molar-refractivity contribution in [2.45, 2.75) is 67.2 Å². The van der Waals surface area contributed by atoms with Crippen molar-refractivity contribution >= 4 is 17.9 Å². The van der Waals surface area contributed by atoms with Crippen molar-refractivity contribution in [3.63, 3.8) is 0 Å². The molecule has 0 aliphatic heterocycles. The van der Waals surface area contributed by atoms with Gasteiger partial charge in [0, 0.05) is 0 Å². The first-order valence-corrected chi connectivity index (χ1v) is 10.3. The number of methoxy groups -OCH3 is 1. The van der Waals surface area contributed by atoms with E-state index in [2.05, 4.69) is 0 Å². The van der Waals surface area contributed by atoms with Gasteiger partial charge < -0.3 is 26.6 Å². The maximum atomic E-state index is 12.8. The summed E-state index contributed by atoms with van der Waals surface area (Å²) in [6.07, 6.45) is 1.76. The summed E-state index contributed by atoms with van der Waals surface area (Å²) >= 11 is 0. The first kappa shape index (κ1) is 30.9. The van der Waals surface area contributed by atoms with Gasteiger partial charge in [-0.25, -0.2) is 0 Å². The Morgan fingerprint density at radius 2 is 1.33 bits per heavy atom. The number of rotatable bonds is 12. The number of nitrogens with zero attached hydrogens (tertiary/aromatic N) is 1. The van der Waals surface area contributed by atoms with E-state index in [1.54, 1.807) is 27.7 Å². The van der Waals surface area contributed by atoms with Crippen LogP contribution in [-0.2, 0) is 28.6 Å². The zero-order valence-corrected chi connectivity index (χ0v) is 21.3. The molecular formula is C22H42ClNO6. The molecule has 0 saturated carbocycles. The minimum Gasteiger partial charge on any atom is -1.00 e. The minimum atomic E-state index is -1.05. The van der Waals surface area contributed by atoms with Gasteiger partial charge in [-0.05, 0) is 53.9 Å². The first-order valence-electron chi connectivity index (χ1n) is 10.3. The molecule has 0 fully saturated rings. The lowest BCUT2D eigenvalue weighted by Gasteiger charge is -2.39. The Hall–Kier alpha value is -1.34. The van der Waals surface area contributed by atoms with E-state index < -0.39 is 22.2 Å². The van der Waals surface area contributed by atoms with Crippen LogP contribution in [0.5, 0.6) is 0 Å². The molecule has 0 amide bonds. The highest BCUT2D eigenvalue weighted by molar-refractivity contribution is 5.82. The number of hydrogen-bond acceptors (Lipinski definition) is 6. The monoisotopic (exact) mass is 451 g/mol. The molecule has 0 rings (SSSR count). The highest BCUT2D eigenvalue weighted by Crippen LogP contribution is 2.46. The van der Waals surface area contributed by atoms with Crippen LogP contribution in [0.4, 0.5) is 0 Å². The first-order chi connectivity index (χ1) is 13.1. The largest absolute Gasteiger partial charge is 1.00 e. The van der Waals surface area contributed by atoms with Crippen LogP contribution in [0.25, 0.3) is 0 Å². The van der Waals surface area contributed by atoms with E-state index in [1.165, 1.54) is 7.11 Å². The molecule has 0 aromatic rings. The molecular weight excluding hydrogens is 410 g/mol. The summed E-state index contributed by atoms with van der Waals surface area (Å²) in [7, 11) is 7.10. The maximum Gasteiger partial charge on any atom is 0.315 e. The molecule has 0 spiro atoms. The summed E-state index contributed by atoms with van der Waals surface area (Å²) in [5.41, 5.74) is -2.83. The van der Waals surface area contributed by atoms with E-state index in [1.807, 2.05) is 35.0 Å². The summed E-state index contributed by atoms with van der Waals surface area (Å²) in [4.78, 5) is 38.2. The number of carbonyl (C=O) groups is 3. The highest BCUT2D eigenvalue weighted by Gasteiger charge is 2.50. The second-order valence-corrected chi connectivity index (χ2v) is 10.2. The van der Waals surface area contributed by atoms with Crippen molar-refractivity contribution in [2.75, 3.05) is 41.6 Å². The Bertz CT molecular complexity index is 587. The molecule has 0 aliphatic carbocycles. The van der Waals surface area contributed by atoms with E-state index in [0.29, 0.717) is 10.9 Å². The average Bonchev–Trinajstić information content (AvgIpc) is 2.57. The summed E-state index contributed by atoms with van der Waals surface area (Å²) in [6.45, 7) is 11.3. The second kappa shape index (κ2) is 11.9.